The summed E-state index contributed by atoms with van der Waals surface area (Å²) < 4.78 is 4.97. The highest BCUT2D eigenvalue weighted by molar-refractivity contribution is 5.93. The number of nitrogens with one attached hydrogen (secondary N) is 1. The molecule has 1 amide bonds. The first-order chi connectivity index (χ1) is 9.61. The van der Waals surface area contributed by atoms with Crippen LogP contribution in [0.5, 0.6) is 11.5 Å². The molecule has 2 atom stereocenters. The normalized spacial score (nSPS) is 22.9. The first kappa shape index (κ1) is 14.7. The maximum absolute atomic E-state index is 12.3. The van der Waals surface area contributed by atoms with Gasteiger partial charge in [-0.2, -0.15) is 0 Å². The summed E-state index contributed by atoms with van der Waals surface area (Å²) >= 11 is 0. The summed E-state index contributed by atoms with van der Waals surface area (Å²) in [5, 5.41) is 12.5. The molecule has 5 heteroatoms. The number of nitrogens with two attached hydrogens (primary N) is 1. The third-order valence-electron chi connectivity index (χ3n) is 3.85. The van der Waals surface area contributed by atoms with E-state index in [2.05, 4.69) is 5.32 Å². The predicted molar refractivity (Wildman–Crippen MR) is 77.8 cm³/mol. The predicted octanol–water partition coefficient (Wildman–Crippen LogP) is 2.25. The van der Waals surface area contributed by atoms with Crippen LogP contribution in [-0.4, -0.2) is 24.2 Å². The number of phenolic OH excluding ortho intramolecular Hbond substituents is 1. The van der Waals surface area contributed by atoms with E-state index in [1.807, 2.05) is 0 Å². The zero-order valence-corrected chi connectivity index (χ0v) is 11.8. The van der Waals surface area contributed by atoms with Crippen LogP contribution in [0.1, 0.15) is 32.1 Å². The van der Waals surface area contributed by atoms with Gasteiger partial charge in [-0.1, -0.05) is 19.3 Å². The van der Waals surface area contributed by atoms with Crippen molar-refractivity contribution >= 4 is 11.6 Å². The van der Waals surface area contributed by atoms with E-state index in [1.54, 1.807) is 12.1 Å². The SMILES string of the molecule is COc1ccc(NC(=O)C2CCCCCC2N)cc1O. The second-order valence-corrected chi connectivity index (χ2v) is 5.28. The Balaban J connectivity index is 2.04. The van der Waals surface area contributed by atoms with Crippen molar-refractivity contribution in [3.63, 3.8) is 0 Å². The van der Waals surface area contributed by atoms with Crippen LogP contribution in [0.3, 0.4) is 0 Å². The van der Waals surface area contributed by atoms with Gasteiger partial charge in [0.2, 0.25) is 5.91 Å². The molecule has 0 radical (unpaired) electrons. The molecule has 0 saturated heterocycles. The fraction of sp³-hybridized carbons (Fsp3) is 0.533. The van der Waals surface area contributed by atoms with Crippen molar-refractivity contribution in [3.8, 4) is 11.5 Å². The van der Waals surface area contributed by atoms with Crippen LogP contribution in [0, 0.1) is 5.92 Å². The number of anilines is 1. The molecule has 0 aliphatic heterocycles. The highest BCUT2D eigenvalue weighted by Crippen LogP contribution is 2.29. The fourth-order valence-electron chi connectivity index (χ4n) is 2.66. The van der Waals surface area contributed by atoms with Gasteiger partial charge in [-0.15, -0.1) is 0 Å². The molecule has 1 aromatic carbocycles. The molecule has 5 nitrogen and oxygen atoms in total. The lowest BCUT2D eigenvalue weighted by atomic mass is 9.94. The van der Waals surface area contributed by atoms with E-state index in [0.717, 1.165) is 32.1 Å². The molecular weight excluding hydrogens is 256 g/mol. The number of hydrogen-bond acceptors (Lipinski definition) is 4. The lowest BCUT2D eigenvalue weighted by molar-refractivity contribution is -0.120. The monoisotopic (exact) mass is 278 g/mol. The Morgan fingerprint density at radius 2 is 2.10 bits per heavy atom. The van der Waals surface area contributed by atoms with E-state index >= 15 is 0 Å². The smallest absolute Gasteiger partial charge is 0.229 e. The van der Waals surface area contributed by atoms with Gasteiger partial charge in [0.05, 0.1) is 13.0 Å². The quantitative estimate of drug-likeness (QED) is 0.740. The number of methoxy groups -OCH3 is 1. The topological polar surface area (TPSA) is 84.6 Å². The number of hydrogen-bond donors (Lipinski definition) is 3. The minimum absolute atomic E-state index is 0.00969. The largest absolute Gasteiger partial charge is 0.504 e. The fourth-order valence-corrected chi connectivity index (χ4v) is 2.66. The maximum atomic E-state index is 12.3. The third-order valence-corrected chi connectivity index (χ3v) is 3.85. The molecule has 1 aliphatic carbocycles. The number of carbonyl (C=O) groups is 1. The third kappa shape index (κ3) is 3.42. The molecular formula is C15H22N2O3. The van der Waals surface area contributed by atoms with Crippen molar-refractivity contribution < 1.29 is 14.6 Å². The van der Waals surface area contributed by atoms with Crippen LogP contribution in [0.15, 0.2) is 18.2 Å². The van der Waals surface area contributed by atoms with Gasteiger partial charge in [0.15, 0.2) is 11.5 Å². The lowest BCUT2D eigenvalue weighted by Crippen LogP contribution is -2.37. The minimum Gasteiger partial charge on any atom is -0.504 e. The van der Waals surface area contributed by atoms with Crippen molar-refractivity contribution in [1.29, 1.82) is 0 Å². The summed E-state index contributed by atoms with van der Waals surface area (Å²) in [6.45, 7) is 0. The minimum atomic E-state index is -0.151. The van der Waals surface area contributed by atoms with Gasteiger partial charge < -0.3 is 20.9 Å². The Labute approximate surface area is 119 Å². The first-order valence-electron chi connectivity index (χ1n) is 7.05. The Kier molecular flexibility index (Phi) is 4.84. The average Bonchev–Trinajstić information content (AvgIpc) is 2.63. The molecule has 0 aromatic heterocycles. The summed E-state index contributed by atoms with van der Waals surface area (Å²) in [6, 6.07) is 4.74. The van der Waals surface area contributed by atoms with Crippen molar-refractivity contribution in [2.24, 2.45) is 11.7 Å². The van der Waals surface area contributed by atoms with Crippen molar-refractivity contribution in [1.82, 2.24) is 0 Å². The molecule has 1 aromatic rings. The molecule has 0 bridgehead atoms. The van der Waals surface area contributed by atoms with Crippen molar-refractivity contribution in [3.05, 3.63) is 18.2 Å². The number of ether oxygens (including phenoxy) is 1. The van der Waals surface area contributed by atoms with Crippen LogP contribution >= 0.6 is 0 Å². The molecule has 1 fully saturated rings. The molecule has 0 spiro atoms. The van der Waals surface area contributed by atoms with E-state index in [4.69, 9.17) is 10.5 Å². The number of benzene rings is 1. The van der Waals surface area contributed by atoms with Gasteiger partial charge in [0, 0.05) is 17.8 Å². The van der Waals surface area contributed by atoms with Gasteiger partial charge in [-0.25, -0.2) is 0 Å². The zero-order chi connectivity index (χ0) is 14.5. The van der Waals surface area contributed by atoms with Gasteiger partial charge in [-0.3, -0.25) is 4.79 Å². The van der Waals surface area contributed by atoms with Crippen LogP contribution < -0.4 is 15.8 Å². The molecule has 110 valence electrons. The van der Waals surface area contributed by atoms with Gasteiger partial charge in [0.1, 0.15) is 0 Å². The summed E-state index contributed by atoms with van der Waals surface area (Å²) in [7, 11) is 1.48. The number of rotatable bonds is 3. The van der Waals surface area contributed by atoms with Crippen LogP contribution in [-0.2, 0) is 4.79 Å². The van der Waals surface area contributed by atoms with Gasteiger partial charge >= 0.3 is 0 Å². The summed E-state index contributed by atoms with van der Waals surface area (Å²) in [5.41, 5.74) is 6.64. The van der Waals surface area contributed by atoms with Crippen LogP contribution in [0.25, 0.3) is 0 Å². The number of aromatic hydroxyl groups is 1. The van der Waals surface area contributed by atoms with Crippen molar-refractivity contribution in [2.45, 2.75) is 38.1 Å². The van der Waals surface area contributed by atoms with Gasteiger partial charge in [0.25, 0.3) is 0 Å². The van der Waals surface area contributed by atoms with E-state index in [1.165, 1.54) is 13.2 Å². The van der Waals surface area contributed by atoms with E-state index in [9.17, 15) is 9.90 Å². The van der Waals surface area contributed by atoms with Gasteiger partial charge in [-0.05, 0) is 25.0 Å². The van der Waals surface area contributed by atoms with Crippen LogP contribution in [0.2, 0.25) is 0 Å². The van der Waals surface area contributed by atoms with E-state index < -0.39 is 0 Å². The number of phenols is 1. The van der Waals surface area contributed by atoms with Crippen LogP contribution in [0.4, 0.5) is 5.69 Å². The average molecular weight is 278 g/mol. The standard InChI is InChI=1S/C15H22N2O3/c1-20-14-8-7-10(9-13(14)18)17-15(19)11-5-3-2-4-6-12(11)16/h7-9,11-12,18H,2-6,16H2,1H3,(H,17,19). The summed E-state index contributed by atoms with van der Waals surface area (Å²) in [5.74, 6) is 0.176. The van der Waals surface area contributed by atoms with E-state index in [0.29, 0.717) is 11.4 Å². The number of carbonyl (C=O) groups excluding carboxylic acids is 1. The Morgan fingerprint density at radius 1 is 1.35 bits per heavy atom. The van der Waals surface area contributed by atoms with Crippen molar-refractivity contribution in [2.75, 3.05) is 12.4 Å². The number of amides is 1. The molecule has 2 unspecified atom stereocenters. The summed E-state index contributed by atoms with van der Waals surface area (Å²) in [6.07, 6.45) is 5.00. The van der Waals surface area contributed by atoms with E-state index in [-0.39, 0.29) is 23.6 Å². The Bertz CT molecular complexity index is 476. The highest BCUT2D eigenvalue weighted by Gasteiger charge is 2.27. The first-order valence-corrected chi connectivity index (χ1v) is 7.05. The summed E-state index contributed by atoms with van der Waals surface area (Å²) in [4.78, 5) is 12.3. The maximum Gasteiger partial charge on any atom is 0.229 e. The molecule has 2 rings (SSSR count). The Hall–Kier alpha value is -1.75. The molecule has 1 saturated carbocycles. The second kappa shape index (κ2) is 6.61. The molecule has 0 heterocycles. The molecule has 4 N–H and O–H groups in total. The molecule has 20 heavy (non-hydrogen) atoms. The Morgan fingerprint density at radius 3 is 2.80 bits per heavy atom. The lowest BCUT2D eigenvalue weighted by Gasteiger charge is -2.20. The zero-order valence-electron chi connectivity index (χ0n) is 11.8. The highest BCUT2D eigenvalue weighted by atomic mass is 16.5. The second-order valence-electron chi connectivity index (χ2n) is 5.28. The molecule has 1 aliphatic rings.